The van der Waals surface area contributed by atoms with Crippen molar-refractivity contribution in [3.63, 3.8) is 0 Å². The number of rotatable bonds is 6. The molecular formula is C18H27N3O3. The zero-order valence-corrected chi connectivity index (χ0v) is 14.6. The van der Waals surface area contributed by atoms with Crippen molar-refractivity contribution >= 4 is 5.91 Å². The van der Waals surface area contributed by atoms with E-state index >= 15 is 0 Å². The molecule has 0 aliphatic carbocycles. The molecule has 2 saturated heterocycles. The third kappa shape index (κ3) is 3.77. The minimum absolute atomic E-state index is 0.0945. The van der Waals surface area contributed by atoms with E-state index in [1.54, 1.807) is 13.3 Å². The fourth-order valence-electron chi connectivity index (χ4n) is 4.11. The number of hydrogen-bond donors (Lipinski definition) is 0. The maximum atomic E-state index is 12.1. The van der Waals surface area contributed by atoms with Crippen LogP contribution in [0.1, 0.15) is 12.1 Å². The van der Waals surface area contributed by atoms with Crippen LogP contribution >= 0.6 is 0 Å². The molecule has 0 radical (unpaired) electrons. The van der Waals surface area contributed by atoms with Crippen molar-refractivity contribution in [3.8, 4) is 0 Å². The Balaban J connectivity index is 1.57. The SMILES string of the molecule is COCC(=O)N1CC[C@]2(CN(C)C[C@@H]2COCc2ccccn2)C1. The minimum atomic E-state index is 0.0945. The van der Waals surface area contributed by atoms with E-state index in [0.29, 0.717) is 19.1 Å². The fourth-order valence-corrected chi connectivity index (χ4v) is 4.11. The first-order valence-electron chi connectivity index (χ1n) is 8.56. The highest BCUT2D eigenvalue weighted by Gasteiger charge is 2.50. The van der Waals surface area contributed by atoms with Gasteiger partial charge in [0.05, 0.1) is 18.9 Å². The predicted molar refractivity (Wildman–Crippen MR) is 90.4 cm³/mol. The molecule has 1 aromatic rings. The lowest BCUT2D eigenvalue weighted by Crippen LogP contribution is -2.39. The zero-order valence-electron chi connectivity index (χ0n) is 14.6. The highest BCUT2D eigenvalue weighted by Crippen LogP contribution is 2.43. The summed E-state index contributed by atoms with van der Waals surface area (Å²) in [6.07, 6.45) is 2.84. The van der Waals surface area contributed by atoms with Gasteiger partial charge in [-0.15, -0.1) is 0 Å². The fraction of sp³-hybridized carbons (Fsp3) is 0.667. The van der Waals surface area contributed by atoms with Gasteiger partial charge in [-0.25, -0.2) is 0 Å². The summed E-state index contributed by atoms with van der Waals surface area (Å²) >= 11 is 0. The third-order valence-corrected chi connectivity index (χ3v) is 5.28. The van der Waals surface area contributed by atoms with E-state index in [1.807, 2.05) is 23.1 Å². The summed E-state index contributed by atoms with van der Waals surface area (Å²) in [4.78, 5) is 20.7. The van der Waals surface area contributed by atoms with Crippen molar-refractivity contribution in [1.29, 1.82) is 0 Å². The Kier molecular flexibility index (Phi) is 5.48. The molecule has 3 heterocycles. The zero-order chi connectivity index (χ0) is 17.0. The van der Waals surface area contributed by atoms with Crippen LogP contribution in [0.2, 0.25) is 0 Å². The number of methoxy groups -OCH3 is 1. The highest BCUT2D eigenvalue weighted by atomic mass is 16.5. The van der Waals surface area contributed by atoms with E-state index < -0.39 is 0 Å². The van der Waals surface area contributed by atoms with E-state index in [2.05, 4.69) is 16.9 Å². The maximum Gasteiger partial charge on any atom is 0.248 e. The molecule has 1 amide bonds. The number of likely N-dealkylation sites (tertiary alicyclic amines) is 2. The topological polar surface area (TPSA) is 54.9 Å². The second-order valence-electron chi connectivity index (χ2n) is 7.09. The van der Waals surface area contributed by atoms with Gasteiger partial charge in [-0.2, -0.15) is 0 Å². The summed E-state index contributed by atoms with van der Waals surface area (Å²) < 4.78 is 11.0. The molecule has 6 heteroatoms. The summed E-state index contributed by atoms with van der Waals surface area (Å²) in [5.74, 6) is 0.545. The number of pyridine rings is 1. The first-order valence-corrected chi connectivity index (χ1v) is 8.56. The van der Waals surface area contributed by atoms with Gasteiger partial charge in [-0.05, 0) is 25.6 Å². The van der Waals surface area contributed by atoms with Crippen LogP contribution in [-0.2, 0) is 20.9 Å². The van der Waals surface area contributed by atoms with Crippen LogP contribution in [0.3, 0.4) is 0 Å². The Hall–Kier alpha value is -1.50. The lowest BCUT2D eigenvalue weighted by molar-refractivity contribution is -0.134. The van der Waals surface area contributed by atoms with Crippen LogP contribution in [0.5, 0.6) is 0 Å². The third-order valence-electron chi connectivity index (χ3n) is 5.28. The molecule has 1 spiro atoms. The second-order valence-corrected chi connectivity index (χ2v) is 7.09. The molecule has 2 atom stereocenters. The van der Waals surface area contributed by atoms with Gasteiger partial charge in [0.2, 0.25) is 5.91 Å². The van der Waals surface area contributed by atoms with Gasteiger partial charge in [0.25, 0.3) is 0 Å². The van der Waals surface area contributed by atoms with Gasteiger partial charge < -0.3 is 19.3 Å². The van der Waals surface area contributed by atoms with Crippen molar-refractivity contribution in [2.75, 3.05) is 53.6 Å². The van der Waals surface area contributed by atoms with Crippen LogP contribution < -0.4 is 0 Å². The van der Waals surface area contributed by atoms with E-state index in [4.69, 9.17) is 9.47 Å². The average Bonchev–Trinajstić information content (AvgIpc) is 3.13. The predicted octanol–water partition coefficient (Wildman–Crippen LogP) is 1.02. The maximum absolute atomic E-state index is 12.1. The van der Waals surface area contributed by atoms with Crippen molar-refractivity contribution in [2.45, 2.75) is 13.0 Å². The normalized spacial score (nSPS) is 27.2. The van der Waals surface area contributed by atoms with Crippen molar-refractivity contribution < 1.29 is 14.3 Å². The van der Waals surface area contributed by atoms with Gasteiger partial charge in [-0.3, -0.25) is 9.78 Å². The molecule has 1 aromatic heterocycles. The number of nitrogens with zero attached hydrogens (tertiary/aromatic N) is 3. The van der Waals surface area contributed by atoms with Gasteiger partial charge in [0.15, 0.2) is 0 Å². The van der Waals surface area contributed by atoms with E-state index in [9.17, 15) is 4.79 Å². The second kappa shape index (κ2) is 7.59. The number of aromatic nitrogens is 1. The summed E-state index contributed by atoms with van der Waals surface area (Å²) in [6, 6.07) is 5.87. The van der Waals surface area contributed by atoms with Crippen LogP contribution in [0.25, 0.3) is 0 Å². The molecule has 2 aliphatic heterocycles. The monoisotopic (exact) mass is 333 g/mol. The molecule has 0 aromatic carbocycles. The molecule has 6 nitrogen and oxygen atoms in total. The molecule has 2 fully saturated rings. The highest BCUT2D eigenvalue weighted by molar-refractivity contribution is 5.77. The number of carbonyl (C=O) groups is 1. The Labute approximate surface area is 143 Å². The summed E-state index contributed by atoms with van der Waals surface area (Å²) in [5, 5.41) is 0. The van der Waals surface area contributed by atoms with E-state index in [0.717, 1.165) is 38.3 Å². The molecule has 0 bridgehead atoms. The number of carbonyl (C=O) groups excluding carboxylic acids is 1. The van der Waals surface area contributed by atoms with E-state index in [1.165, 1.54) is 0 Å². The molecule has 0 N–H and O–H groups in total. The van der Waals surface area contributed by atoms with Crippen molar-refractivity contribution in [1.82, 2.24) is 14.8 Å². The van der Waals surface area contributed by atoms with Gasteiger partial charge >= 0.3 is 0 Å². The molecule has 2 aliphatic rings. The standard InChI is InChI=1S/C18H27N3O3/c1-20-9-15(10-24-11-16-5-3-4-7-19-16)18(13-20)6-8-21(14-18)17(22)12-23-2/h3-5,7,15H,6,8-14H2,1-2H3/t15-,18+/m1/s1. The molecule has 3 rings (SSSR count). The first-order chi connectivity index (χ1) is 11.6. The van der Waals surface area contributed by atoms with Gasteiger partial charge in [0, 0.05) is 50.8 Å². The first kappa shape index (κ1) is 17.3. The van der Waals surface area contributed by atoms with Crippen LogP contribution in [-0.4, -0.2) is 74.2 Å². The van der Waals surface area contributed by atoms with Crippen LogP contribution in [0, 0.1) is 11.3 Å². The summed E-state index contributed by atoms with van der Waals surface area (Å²) in [6.45, 7) is 5.13. The number of amides is 1. The molecule has 0 saturated carbocycles. The lowest BCUT2D eigenvalue weighted by atomic mass is 9.77. The molecule has 24 heavy (non-hydrogen) atoms. The molecular weight excluding hydrogens is 306 g/mol. The minimum Gasteiger partial charge on any atom is -0.375 e. The van der Waals surface area contributed by atoms with Gasteiger partial charge in [-0.1, -0.05) is 6.07 Å². The van der Waals surface area contributed by atoms with Crippen molar-refractivity contribution in [2.24, 2.45) is 11.3 Å². The Bertz CT molecular complexity index is 554. The molecule has 132 valence electrons. The number of hydrogen-bond acceptors (Lipinski definition) is 5. The summed E-state index contributed by atoms with van der Waals surface area (Å²) in [5.41, 5.74) is 1.11. The van der Waals surface area contributed by atoms with Crippen LogP contribution in [0.15, 0.2) is 24.4 Å². The Morgan fingerprint density at radius 2 is 2.29 bits per heavy atom. The van der Waals surface area contributed by atoms with Crippen molar-refractivity contribution in [3.05, 3.63) is 30.1 Å². The lowest BCUT2D eigenvalue weighted by Gasteiger charge is -2.30. The quantitative estimate of drug-likeness (QED) is 0.778. The largest absolute Gasteiger partial charge is 0.375 e. The molecule has 0 unspecified atom stereocenters. The summed E-state index contributed by atoms with van der Waals surface area (Å²) in [7, 11) is 3.72. The average molecular weight is 333 g/mol. The smallest absolute Gasteiger partial charge is 0.248 e. The number of ether oxygens (including phenoxy) is 2. The Morgan fingerprint density at radius 1 is 1.42 bits per heavy atom. The van der Waals surface area contributed by atoms with Crippen LogP contribution in [0.4, 0.5) is 0 Å². The van der Waals surface area contributed by atoms with Gasteiger partial charge in [0.1, 0.15) is 6.61 Å². The van der Waals surface area contributed by atoms with E-state index in [-0.39, 0.29) is 17.9 Å². The Morgan fingerprint density at radius 3 is 3.04 bits per heavy atom.